The molecule has 4 N–H and O–H groups in total. The van der Waals surface area contributed by atoms with E-state index in [1.54, 1.807) is 13.3 Å². The van der Waals surface area contributed by atoms with E-state index in [9.17, 15) is 4.79 Å². The molecule has 106 valence electrons. The molecule has 7 heteroatoms. The van der Waals surface area contributed by atoms with Gasteiger partial charge in [-0.25, -0.2) is 0 Å². The molecule has 7 nitrogen and oxygen atoms in total. The predicted octanol–water partition coefficient (Wildman–Crippen LogP) is 0.652. The van der Waals surface area contributed by atoms with Crippen molar-refractivity contribution in [3.05, 3.63) is 36.2 Å². The number of nitrogens with two attached hydrogens (primary N) is 2. The number of carbonyl (C=O) groups excluding carboxylic acids is 1. The summed E-state index contributed by atoms with van der Waals surface area (Å²) in [4.78, 5) is 11.0. The molecule has 1 heterocycles. The molecule has 0 bridgehead atoms. The van der Waals surface area contributed by atoms with Gasteiger partial charge in [-0.2, -0.15) is 5.10 Å². The second-order valence-electron chi connectivity index (χ2n) is 4.08. The third-order valence-corrected chi connectivity index (χ3v) is 2.67. The Kier molecular flexibility index (Phi) is 4.09. The second kappa shape index (κ2) is 5.96. The lowest BCUT2D eigenvalue weighted by molar-refractivity contribution is 0.0995. The monoisotopic (exact) mass is 276 g/mol. The SMILES string of the molecule is COc1ccc(OCCn2cc(N)c(C(N)=O)n2)cc1. The van der Waals surface area contributed by atoms with Crippen LogP contribution in [-0.4, -0.2) is 29.4 Å². The summed E-state index contributed by atoms with van der Waals surface area (Å²) in [6, 6.07) is 7.25. The van der Waals surface area contributed by atoms with Crippen LogP contribution in [0.5, 0.6) is 11.5 Å². The number of nitrogen functional groups attached to an aromatic ring is 1. The average Bonchev–Trinajstić information content (AvgIpc) is 2.81. The van der Waals surface area contributed by atoms with Crippen LogP contribution in [0.3, 0.4) is 0 Å². The Hall–Kier alpha value is -2.70. The number of benzene rings is 1. The van der Waals surface area contributed by atoms with Crippen molar-refractivity contribution in [2.24, 2.45) is 5.73 Å². The summed E-state index contributed by atoms with van der Waals surface area (Å²) in [6.45, 7) is 0.856. The van der Waals surface area contributed by atoms with Crippen LogP contribution in [0.4, 0.5) is 5.69 Å². The highest BCUT2D eigenvalue weighted by Crippen LogP contribution is 2.17. The molecule has 0 aliphatic heterocycles. The molecule has 0 radical (unpaired) electrons. The van der Waals surface area contributed by atoms with Crippen molar-refractivity contribution < 1.29 is 14.3 Å². The molecule has 0 spiro atoms. The van der Waals surface area contributed by atoms with E-state index >= 15 is 0 Å². The topological polar surface area (TPSA) is 105 Å². The summed E-state index contributed by atoms with van der Waals surface area (Å²) in [5.74, 6) is 0.849. The van der Waals surface area contributed by atoms with Gasteiger partial charge in [0.05, 0.1) is 19.3 Å². The summed E-state index contributed by atoms with van der Waals surface area (Å²) in [7, 11) is 1.61. The fraction of sp³-hybridized carbons (Fsp3) is 0.231. The zero-order valence-corrected chi connectivity index (χ0v) is 11.1. The molecule has 1 amide bonds. The Morgan fingerprint density at radius 3 is 2.50 bits per heavy atom. The zero-order chi connectivity index (χ0) is 14.5. The second-order valence-corrected chi connectivity index (χ2v) is 4.08. The summed E-state index contributed by atoms with van der Waals surface area (Å²) >= 11 is 0. The van der Waals surface area contributed by atoms with Crippen LogP contribution < -0.4 is 20.9 Å². The molecule has 0 aliphatic rings. The first-order chi connectivity index (χ1) is 9.60. The summed E-state index contributed by atoms with van der Waals surface area (Å²) < 4.78 is 12.1. The Morgan fingerprint density at radius 1 is 1.30 bits per heavy atom. The van der Waals surface area contributed by atoms with E-state index in [0.29, 0.717) is 13.2 Å². The highest BCUT2D eigenvalue weighted by atomic mass is 16.5. The quantitative estimate of drug-likeness (QED) is 0.806. The minimum atomic E-state index is -0.641. The van der Waals surface area contributed by atoms with Crippen molar-refractivity contribution >= 4 is 11.6 Å². The first-order valence-electron chi connectivity index (χ1n) is 5.99. The maximum atomic E-state index is 11.0. The molecule has 2 aromatic rings. The molecule has 0 unspecified atom stereocenters. The van der Waals surface area contributed by atoms with Crippen molar-refractivity contribution in [3.8, 4) is 11.5 Å². The van der Waals surface area contributed by atoms with E-state index in [0.717, 1.165) is 11.5 Å². The number of hydrogen-bond donors (Lipinski definition) is 2. The number of anilines is 1. The highest BCUT2D eigenvalue weighted by Gasteiger charge is 2.10. The van der Waals surface area contributed by atoms with Crippen LogP contribution in [0.1, 0.15) is 10.5 Å². The van der Waals surface area contributed by atoms with E-state index in [-0.39, 0.29) is 11.4 Å². The first kappa shape index (κ1) is 13.7. The molecule has 0 aliphatic carbocycles. The Labute approximate surface area is 116 Å². The average molecular weight is 276 g/mol. The minimum Gasteiger partial charge on any atom is -0.497 e. The molecule has 1 aromatic carbocycles. The van der Waals surface area contributed by atoms with Crippen LogP contribution in [0.25, 0.3) is 0 Å². The Bertz CT molecular complexity index is 592. The number of primary amides is 1. The fourth-order valence-electron chi connectivity index (χ4n) is 1.67. The third-order valence-electron chi connectivity index (χ3n) is 2.67. The molecule has 0 fully saturated rings. The van der Waals surface area contributed by atoms with Crippen LogP contribution in [0.15, 0.2) is 30.5 Å². The van der Waals surface area contributed by atoms with Gasteiger partial charge < -0.3 is 20.9 Å². The van der Waals surface area contributed by atoms with Gasteiger partial charge in [0.25, 0.3) is 5.91 Å². The van der Waals surface area contributed by atoms with Crippen LogP contribution in [0, 0.1) is 0 Å². The molecule has 0 atom stereocenters. The standard InChI is InChI=1S/C13H16N4O3/c1-19-9-2-4-10(5-3-9)20-7-6-17-8-11(14)12(16-17)13(15)18/h2-5,8H,6-7,14H2,1H3,(H2,15,18). The Balaban J connectivity index is 1.89. The smallest absolute Gasteiger partial charge is 0.271 e. The van der Waals surface area contributed by atoms with Gasteiger partial charge in [0.15, 0.2) is 5.69 Å². The van der Waals surface area contributed by atoms with Gasteiger partial charge in [-0.1, -0.05) is 0 Å². The number of methoxy groups -OCH3 is 1. The normalized spacial score (nSPS) is 10.2. The van der Waals surface area contributed by atoms with Crippen molar-refractivity contribution in [2.45, 2.75) is 6.54 Å². The number of aromatic nitrogens is 2. The van der Waals surface area contributed by atoms with Gasteiger partial charge in [0, 0.05) is 6.20 Å². The van der Waals surface area contributed by atoms with Crippen LogP contribution >= 0.6 is 0 Å². The van der Waals surface area contributed by atoms with Gasteiger partial charge in [-0.05, 0) is 24.3 Å². The summed E-state index contributed by atoms with van der Waals surface area (Å²) in [6.07, 6.45) is 1.55. The first-order valence-corrected chi connectivity index (χ1v) is 5.99. The zero-order valence-electron chi connectivity index (χ0n) is 11.1. The molecule has 20 heavy (non-hydrogen) atoms. The van der Waals surface area contributed by atoms with Crippen molar-refractivity contribution in [2.75, 3.05) is 19.5 Å². The van der Waals surface area contributed by atoms with Crippen molar-refractivity contribution in [1.82, 2.24) is 9.78 Å². The fourth-order valence-corrected chi connectivity index (χ4v) is 1.67. The van der Waals surface area contributed by atoms with E-state index in [4.69, 9.17) is 20.9 Å². The third kappa shape index (κ3) is 3.19. The number of rotatable bonds is 6. The molecule has 2 rings (SSSR count). The largest absolute Gasteiger partial charge is 0.497 e. The van der Waals surface area contributed by atoms with Crippen LogP contribution in [0.2, 0.25) is 0 Å². The minimum absolute atomic E-state index is 0.0782. The summed E-state index contributed by atoms with van der Waals surface area (Å²) in [5, 5.41) is 3.98. The molecule has 0 saturated heterocycles. The van der Waals surface area contributed by atoms with Crippen molar-refractivity contribution in [3.63, 3.8) is 0 Å². The van der Waals surface area contributed by atoms with E-state index in [1.807, 2.05) is 24.3 Å². The molecule has 0 saturated carbocycles. The summed E-state index contributed by atoms with van der Waals surface area (Å²) in [5.41, 5.74) is 11.1. The van der Waals surface area contributed by atoms with E-state index in [1.165, 1.54) is 4.68 Å². The maximum absolute atomic E-state index is 11.0. The molecular weight excluding hydrogens is 260 g/mol. The predicted molar refractivity (Wildman–Crippen MR) is 73.6 cm³/mol. The van der Waals surface area contributed by atoms with Gasteiger partial charge in [0.1, 0.15) is 18.1 Å². The lowest BCUT2D eigenvalue weighted by Crippen LogP contribution is -2.15. The highest BCUT2D eigenvalue weighted by molar-refractivity contribution is 5.95. The van der Waals surface area contributed by atoms with Gasteiger partial charge >= 0.3 is 0 Å². The van der Waals surface area contributed by atoms with Gasteiger partial charge in [-0.15, -0.1) is 0 Å². The van der Waals surface area contributed by atoms with Gasteiger partial charge in [0.2, 0.25) is 0 Å². The van der Waals surface area contributed by atoms with Gasteiger partial charge in [-0.3, -0.25) is 9.48 Å². The van der Waals surface area contributed by atoms with Crippen LogP contribution in [-0.2, 0) is 6.54 Å². The number of ether oxygens (including phenoxy) is 2. The molecule has 1 aromatic heterocycles. The number of amides is 1. The maximum Gasteiger partial charge on any atom is 0.271 e. The van der Waals surface area contributed by atoms with Crippen molar-refractivity contribution in [1.29, 1.82) is 0 Å². The number of carbonyl (C=O) groups is 1. The number of nitrogens with zero attached hydrogens (tertiary/aromatic N) is 2. The lowest BCUT2D eigenvalue weighted by Gasteiger charge is -2.07. The van der Waals surface area contributed by atoms with E-state index in [2.05, 4.69) is 5.10 Å². The lowest BCUT2D eigenvalue weighted by atomic mass is 10.3. The number of hydrogen-bond acceptors (Lipinski definition) is 5. The Morgan fingerprint density at radius 2 is 1.95 bits per heavy atom. The van der Waals surface area contributed by atoms with E-state index < -0.39 is 5.91 Å². The molecular formula is C13H16N4O3.